The first-order valence-electron chi connectivity index (χ1n) is 6.76. The number of amidine groups is 1. The van der Waals surface area contributed by atoms with Crippen LogP contribution in [0.3, 0.4) is 0 Å². The number of oxime groups is 1. The van der Waals surface area contributed by atoms with Gasteiger partial charge in [-0.2, -0.15) is 13.2 Å². The lowest BCUT2D eigenvalue weighted by molar-refractivity contribution is -0.218. The Morgan fingerprint density at radius 2 is 1.54 bits per heavy atom. The van der Waals surface area contributed by atoms with Crippen molar-refractivity contribution < 1.29 is 26.4 Å². The molecule has 1 atom stereocenters. The van der Waals surface area contributed by atoms with Crippen molar-refractivity contribution in [3.05, 3.63) is 60.2 Å². The molecule has 0 radical (unpaired) electrons. The monoisotopic (exact) mass is 356 g/mol. The highest BCUT2D eigenvalue weighted by Gasteiger charge is 2.45. The summed E-state index contributed by atoms with van der Waals surface area (Å²) in [5.41, 5.74) is 0.286. The average Bonchev–Trinajstić information content (AvgIpc) is 3.06. The number of sulfone groups is 1. The fourth-order valence-electron chi connectivity index (χ4n) is 2.09. The molecule has 0 aliphatic carbocycles. The molecule has 0 bridgehead atoms. The van der Waals surface area contributed by atoms with Gasteiger partial charge in [-0.05, 0) is 36.4 Å². The second-order valence-corrected chi connectivity index (χ2v) is 6.90. The van der Waals surface area contributed by atoms with E-state index in [9.17, 15) is 21.6 Å². The maximum atomic E-state index is 12.5. The average molecular weight is 356 g/mol. The van der Waals surface area contributed by atoms with Gasteiger partial charge < -0.3 is 10.2 Å². The lowest BCUT2D eigenvalue weighted by Gasteiger charge is -2.13. The number of hydrogen-bond donors (Lipinski definition) is 1. The molecule has 0 saturated heterocycles. The number of rotatable bonds is 3. The molecule has 0 aromatic heterocycles. The van der Waals surface area contributed by atoms with Gasteiger partial charge >= 0.3 is 6.18 Å². The van der Waals surface area contributed by atoms with Crippen LogP contribution in [0.5, 0.6) is 0 Å². The predicted molar refractivity (Wildman–Crippen MR) is 78.9 cm³/mol. The minimum Gasteiger partial charge on any atom is -0.359 e. The number of nitrogens with one attached hydrogen (secondary N) is 1. The highest BCUT2D eigenvalue weighted by atomic mass is 32.2. The molecular weight excluding hydrogens is 345 g/mol. The normalized spacial score (nSPS) is 17.8. The molecule has 3 rings (SSSR count). The van der Waals surface area contributed by atoms with Crippen molar-refractivity contribution in [2.45, 2.75) is 22.2 Å². The van der Waals surface area contributed by atoms with Crippen molar-refractivity contribution in [3.8, 4) is 0 Å². The van der Waals surface area contributed by atoms with Gasteiger partial charge in [0.25, 0.3) is 6.23 Å². The molecule has 2 aromatic rings. The quantitative estimate of drug-likeness (QED) is 0.918. The summed E-state index contributed by atoms with van der Waals surface area (Å²) in [5, 5.41) is 5.43. The van der Waals surface area contributed by atoms with E-state index >= 15 is 0 Å². The van der Waals surface area contributed by atoms with Gasteiger partial charge in [-0.15, -0.1) is 0 Å². The Morgan fingerprint density at radius 3 is 2.08 bits per heavy atom. The third kappa shape index (κ3) is 3.07. The maximum absolute atomic E-state index is 12.5. The summed E-state index contributed by atoms with van der Waals surface area (Å²) in [5.74, 6) is -0.110. The number of alkyl halides is 3. The molecule has 2 aromatic carbocycles. The Morgan fingerprint density at radius 1 is 0.958 bits per heavy atom. The van der Waals surface area contributed by atoms with E-state index in [1.54, 1.807) is 18.2 Å². The minimum absolute atomic E-state index is 0.0318. The Labute approximate surface area is 135 Å². The molecule has 1 unspecified atom stereocenters. The first kappa shape index (κ1) is 16.3. The molecule has 0 spiro atoms. The lowest BCUT2D eigenvalue weighted by Crippen LogP contribution is -2.41. The molecule has 24 heavy (non-hydrogen) atoms. The van der Waals surface area contributed by atoms with Gasteiger partial charge in [-0.25, -0.2) is 8.42 Å². The van der Waals surface area contributed by atoms with Gasteiger partial charge in [-0.3, -0.25) is 0 Å². The third-order valence-electron chi connectivity index (χ3n) is 3.31. The van der Waals surface area contributed by atoms with E-state index in [2.05, 4.69) is 15.3 Å². The van der Waals surface area contributed by atoms with E-state index in [0.717, 1.165) is 0 Å². The minimum atomic E-state index is -4.60. The SMILES string of the molecule is O=S(=O)(c1ccccc1)c1ccc(C2=NOC(C(F)(F)F)N2)cc1. The first-order valence-corrected chi connectivity index (χ1v) is 8.24. The molecule has 1 aliphatic heterocycles. The third-order valence-corrected chi connectivity index (χ3v) is 5.09. The molecule has 0 amide bonds. The summed E-state index contributed by atoms with van der Waals surface area (Å²) in [6.45, 7) is 0. The molecule has 0 fully saturated rings. The van der Waals surface area contributed by atoms with Crippen LogP contribution < -0.4 is 5.32 Å². The van der Waals surface area contributed by atoms with E-state index in [0.29, 0.717) is 0 Å². The van der Waals surface area contributed by atoms with Crippen LogP contribution in [0.2, 0.25) is 0 Å². The van der Waals surface area contributed by atoms with Gasteiger partial charge in [0.1, 0.15) is 0 Å². The van der Waals surface area contributed by atoms with Crippen LogP contribution in [-0.4, -0.2) is 26.7 Å². The summed E-state index contributed by atoms with van der Waals surface area (Å²) in [6.07, 6.45) is -6.80. The summed E-state index contributed by atoms with van der Waals surface area (Å²) < 4.78 is 62.4. The topological polar surface area (TPSA) is 67.8 Å². The van der Waals surface area contributed by atoms with Crippen LogP contribution >= 0.6 is 0 Å². The Hall–Kier alpha value is -2.55. The van der Waals surface area contributed by atoms with Gasteiger partial charge in [0.05, 0.1) is 9.79 Å². The van der Waals surface area contributed by atoms with Crippen LogP contribution in [0.1, 0.15) is 5.56 Å². The Balaban J connectivity index is 1.83. The van der Waals surface area contributed by atoms with Crippen molar-refractivity contribution in [1.29, 1.82) is 0 Å². The standard InChI is InChI=1S/C15H11F3N2O3S/c16-15(17,18)14-19-13(20-23-14)10-6-8-12(9-7-10)24(21,22)11-4-2-1-3-5-11/h1-9,14H,(H,19,20). The molecule has 9 heteroatoms. The largest absolute Gasteiger partial charge is 0.448 e. The smallest absolute Gasteiger partial charge is 0.359 e. The van der Waals surface area contributed by atoms with Crippen LogP contribution in [0.25, 0.3) is 0 Å². The molecule has 1 aliphatic rings. The highest BCUT2D eigenvalue weighted by Crippen LogP contribution is 2.25. The zero-order chi connectivity index (χ0) is 17.4. The van der Waals surface area contributed by atoms with E-state index in [1.165, 1.54) is 36.4 Å². The van der Waals surface area contributed by atoms with Gasteiger partial charge in [0.2, 0.25) is 9.84 Å². The molecule has 0 saturated carbocycles. The lowest BCUT2D eigenvalue weighted by atomic mass is 10.2. The van der Waals surface area contributed by atoms with Crippen molar-refractivity contribution in [2.24, 2.45) is 5.16 Å². The van der Waals surface area contributed by atoms with Crippen molar-refractivity contribution in [3.63, 3.8) is 0 Å². The fraction of sp³-hybridized carbons (Fsp3) is 0.133. The predicted octanol–water partition coefficient (Wildman–Crippen LogP) is 2.69. The van der Waals surface area contributed by atoms with E-state index in [1.807, 2.05) is 0 Å². The molecule has 1 heterocycles. The second kappa shape index (κ2) is 5.82. The molecule has 126 valence electrons. The summed E-state index contributed by atoms with van der Waals surface area (Å²) in [4.78, 5) is 4.45. The zero-order valence-corrected chi connectivity index (χ0v) is 12.8. The maximum Gasteiger partial charge on any atom is 0.448 e. The van der Waals surface area contributed by atoms with Crippen molar-refractivity contribution in [2.75, 3.05) is 0 Å². The first-order chi connectivity index (χ1) is 11.3. The number of hydrogen-bond acceptors (Lipinski definition) is 5. The zero-order valence-electron chi connectivity index (χ0n) is 12.0. The highest BCUT2D eigenvalue weighted by molar-refractivity contribution is 7.91. The fourth-order valence-corrected chi connectivity index (χ4v) is 3.37. The summed E-state index contributed by atoms with van der Waals surface area (Å²) >= 11 is 0. The summed E-state index contributed by atoms with van der Waals surface area (Å²) in [7, 11) is -3.68. The number of nitrogens with zero attached hydrogens (tertiary/aromatic N) is 1. The molecule has 1 N–H and O–H groups in total. The molecular formula is C15H11F3N2O3S. The van der Waals surface area contributed by atoms with Crippen molar-refractivity contribution >= 4 is 15.7 Å². The van der Waals surface area contributed by atoms with Crippen LogP contribution in [0, 0.1) is 0 Å². The second-order valence-electron chi connectivity index (χ2n) is 4.95. The van der Waals surface area contributed by atoms with Crippen LogP contribution in [0.4, 0.5) is 13.2 Å². The Kier molecular flexibility index (Phi) is 3.96. The van der Waals surface area contributed by atoms with Gasteiger partial charge in [0, 0.05) is 5.56 Å². The Bertz CT molecular complexity index is 863. The van der Waals surface area contributed by atoms with E-state index in [-0.39, 0.29) is 21.2 Å². The van der Waals surface area contributed by atoms with Gasteiger partial charge in [-0.1, -0.05) is 23.4 Å². The van der Waals surface area contributed by atoms with E-state index < -0.39 is 22.2 Å². The molecule has 5 nitrogen and oxygen atoms in total. The van der Waals surface area contributed by atoms with Gasteiger partial charge in [0.15, 0.2) is 5.84 Å². The number of halogens is 3. The van der Waals surface area contributed by atoms with E-state index in [4.69, 9.17) is 0 Å². The van der Waals surface area contributed by atoms with Crippen LogP contribution in [-0.2, 0) is 14.7 Å². The number of benzene rings is 2. The van der Waals surface area contributed by atoms with Crippen LogP contribution in [0.15, 0.2) is 69.5 Å². The summed E-state index contributed by atoms with van der Waals surface area (Å²) in [6, 6.07) is 13.2. The van der Waals surface area contributed by atoms with Crippen molar-refractivity contribution in [1.82, 2.24) is 5.32 Å².